The third-order valence-corrected chi connectivity index (χ3v) is 3.71. The van der Waals surface area contributed by atoms with Crippen LogP contribution in [-0.4, -0.2) is 25.3 Å². The maximum absolute atomic E-state index is 5.75. The Morgan fingerprint density at radius 2 is 1.87 bits per heavy atom. The molecule has 0 bridgehead atoms. The molecule has 0 amide bonds. The van der Waals surface area contributed by atoms with Gasteiger partial charge in [-0.1, -0.05) is 6.42 Å². The van der Waals surface area contributed by atoms with Crippen LogP contribution in [0.25, 0.3) is 0 Å². The second kappa shape index (κ2) is 5.31. The maximum Gasteiger partial charge on any atom is 0.0519 e. The van der Waals surface area contributed by atoms with Crippen molar-refractivity contribution in [2.45, 2.75) is 58.1 Å². The van der Waals surface area contributed by atoms with Crippen molar-refractivity contribution in [2.24, 2.45) is 11.8 Å². The lowest BCUT2D eigenvalue weighted by Crippen LogP contribution is -2.29. The van der Waals surface area contributed by atoms with Crippen molar-refractivity contribution >= 4 is 0 Å². The minimum absolute atomic E-state index is 0.391. The average molecular weight is 211 g/mol. The molecule has 2 heteroatoms. The van der Waals surface area contributed by atoms with E-state index in [4.69, 9.17) is 4.74 Å². The van der Waals surface area contributed by atoms with Gasteiger partial charge in [0, 0.05) is 6.04 Å². The number of rotatable bonds is 6. The molecule has 0 heterocycles. The molecule has 0 radical (unpaired) electrons. The molecule has 2 aliphatic carbocycles. The van der Waals surface area contributed by atoms with Gasteiger partial charge in [-0.2, -0.15) is 0 Å². The lowest BCUT2D eigenvalue weighted by Gasteiger charge is -2.21. The predicted octanol–water partition coefficient (Wildman–Crippen LogP) is 2.58. The van der Waals surface area contributed by atoms with Gasteiger partial charge in [-0.3, -0.25) is 0 Å². The van der Waals surface area contributed by atoms with Gasteiger partial charge in [0.2, 0.25) is 0 Å². The van der Waals surface area contributed by atoms with Crippen molar-refractivity contribution in [1.29, 1.82) is 0 Å². The first-order valence-corrected chi connectivity index (χ1v) is 6.60. The molecule has 0 aromatic carbocycles. The second-order valence-electron chi connectivity index (χ2n) is 5.52. The Labute approximate surface area is 93.8 Å². The van der Waals surface area contributed by atoms with E-state index in [1.807, 2.05) is 0 Å². The quantitative estimate of drug-likeness (QED) is 0.729. The van der Waals surface area contributed by atoms with Gasteiger partial charge in [0.25, 0.3) is 0 Å². The molecular formula is C13H25NO. The number of ether oxygens (including phenoxy) is 1. The Morgan fingerprint density at radius 1 is 1.13 bits per heavy atom. The van der Waals surface area contributed by atoms with Gasteiger partial charge >= 0.3 is 0 Å². The van der Waals surface area contributed by atoms with Crippen LogP contribution in [0.15, 0.2) is 0 Å². The van der Waals surface area contributed by atoms with Crippen molar-refractivity contribution in [3.05, 3.63) is 0 Å². The summed E-state index contributed by atoms with van der Waals surface area (Å²) in [6.07, 6.45) is 7.39. The van der Waals surface area contributed by atoms with Crippen LogP contribution in [0.5, 0.6) is 0 Å². The zero-order chi connectivity index (χ0) is 10.7. The minimum Gasteiger partial charge on any atom is -0.378 e. The van der Waals surface area contributed by atoms with Crippen LogP contribution < -0.4 is 5.32 Å². The van der Waals surface area contributed by atoms with Crippen LogP contribution in [0.1, 0.15) is 46.0 Å². The third-order valence-electron chi connectivity index (χ3n) is 3.71. The van der Waals surface area contributed by atoms with E-state index in [9.17, 15) is 0 Å². The molecule has 2 fully saturated rings. The molecule has 2 atom stereocenters. The van der Waals surface area contributed by atoms with Crippen molar-refractivity contribution in [1.82, 2.24) is 5.32 Å². The van der Waals surface area contributed by atoms with Crippen molar-refractivity contribution in [3.63, 3.8) is 0 Å². The Bertz CT molecular complexity index is 177. The SMILES string of the molecule is CC(C)OCC1CCCC1CNC1CC1. The van der Waals surface area contributed by atoms with E-state index in [0.717, 1.165) is 24.5 Å². The molecule has 2 unspecified atom stereocenters. The van der Waals surface area contributed by atoms with Crippen LogP contribution in [-0.2, 0) is 4.74 Å². The molecule has 2 nitrogen and oxygen atoms in total. The van der Waals surface area contributed by atoms with Gasteiger partial charge in [0.1, 0.15) is 0 Å². The van der Waals surface area contributed by atoms with Crippen LogP contribution in [0.4, 0.5) is 0 Å². The van der Waals surface area contributed by atoms with Crippen LogP contribution in [0.3, 0.4) is 0 Å². The zero-order valence-electron chi connectivity index (χ0n) is 10.2. The normalized spacial score (nSPS) is 31.4. The molecule has 0 saturated heterocycles. The predicted molar refractivity (Wildman–Crippen MR) is 62.9 cm³/mol. The standard InChI is InChI=1S/C13H25NO/c1-10(2)15-9-12-5-3-4-11(12)8-14-13-6-7-13/h10-14H,3-9H2,1-2H3. The fourth-order valence-electron chi connectivity index (χ4n) is 2.52. The Kier molecular flexibility index (Phi) is 4.04. The number of nitrogens with one attached hydrogen (secondary N) is 1. The monoisotopic (exact) mass is 211 g/mol. The first-order chi connectivity index (χ1) is 7.25. The molecule has 2 aliphatic rings. The Hall–Kier alpha value is -0.0800. The summed E-state index contributed by atoms with van der Waals surface area (Å²) in [4.78, 5) is 0. The average Bonchev–Trinajstić information content (AvgIpc) is 2.92. The zero-order valence-corrected chi connectivity index (χ0v) is 10.2. The molecule has 0 spiro atoms. The Balaban J connectivity index is 1.66. The lowest BCUT2D eigenvalue weighted by molar-refractivity contribution is 0.0412. The van der Waals surface area contributed by atoms with Gasteiger partial charge in [-0.15, -0.1) is 0 Å². The van der Waals surface area contributed by atoms with Crippen LogP contribution >= 0.6 is 0 Å². The highest BCUT2D eigenvalue weighted by Gasteiger charge is 2.29. The van der Waals surface area contributed by atoms with E-state index in [2.05, 4.69) is 19.2 Å². The summed E-state index contributed by atoms with van der Waals surface area (Å²) in [5.41, 5.74) is 0. The summed E-state index contributed by atoms with van der Waals surface area (Å²) >= 11 is 0. The van der Waals surface area contributed by atoms with Gasteiger partial charge in [-0.25, -0.2) is 0 Å². The molecule has 88 valence electrons. The third kappa shape index (κ3) is 3.76. The first-order valence-electron chi connectivity index (χ1n) is 6.60. The summed E-state index contributed by atoms with van der Waals surface area (Å²) in [5, 5.41) is 3.66. The van der Waals surface area contributed by atoms with Crippen LogP contribution in [0, 0.1) is 11.8 Å². The van der Waals surface area contributed by atoms with Crippen LogP contribution in [0.2, 0.25) is 0 Å². The van der Waals surface area contributed by atoms with Gasteiger partial charge < -0.3 is 10.1 Å². The highest BCUT2D eigenvalue weighted by Crippen LogP contribution is 2.32. The molecule has 15 heavy (non-hydrogen) atoms. The van der Waals surface area contributed by atoms with E-state index >= 15 is 0 Å². The Morgan fingerprint density at radius 3 is 2.53 bits per heavy atom. The second-order valence-corrected chi connectivity index (χ2v) is 5.52. The van der Waals surface area contributed by atoms with E-state index in [0.29, 0.717) is 6.10 Å². The van der Waals surface area contributed by atoms with E-state index < -0.39 is 0 Å². The largest absolute Gasteiger partial charge is 0.378 e. The summed E-state index contributed by atoms with van der Waals surface area (Å²) in [6, 6.07) is 0.859. The minimum atomic E-state index is 0.391. The van der Waals surface area contributed by atoms with Crippen molar-refractivity contribution in [3.8, 4) is 0 Å². The van der Waals surface area contributed by atoms with E-state index in [-0.39, 0.29) is 0 Å². The smallest absolute Gasteiger partial charge is 0.0519 e. The maximum atomic E-state index is 5.75. The molecule has 2 rings (SSSR count). The topological polar surface area (TPSA) is 21.3 Å². The van der Waals surface area contributed by atoms with Gasteiger partial charge in [0.15, 0.2) is 0 Å². The fourth-order valence-corrected chi connectivity index (χ4v) is 2.52. The van der Waals surface area contributed by atoms with Gasteiger partial charge in [-0.05, 0) is 57.9 Å². The summed E-state index contributed by atoms with van der Waals surface area (Å²) < 4.78 is 5.75. The molecule has 0 aromatic rings. The molecule has 1 N–H and O–H groups in total. The molecule has 0 aliphatic heterocycles. The van der Waals surface area contributed by atoms with E-state index in [1.54, 1.807) is 0 Å². The summed E-state index contributed by atoms with van der Waals surface area (Å²) in [5.74, 6) is 1.70. The molecule has 0 aromatic heterocycles. The molecular weight excluding hydrogens is 186 g/mol. The fraction of sp³-hybridized carbons (Fsp3) is 1.00. The molecule has 2 saturated carbocycles. The lowest BCUT2D eigenvalue weighted by atomic mass is 9.97. The number of hydrogen-bond donors (Lipinski definition) is 1. The first kappa shape index (κ1) is 11.4. The highest BCUT2D eigenvalue weighted by atomic mass is 16.5. The summed E-state index contributed by atoms with van der Waals surface area (Å²) in [7, 11) is 0. The van der Waals surface area contributed by atoms with Crippen molar-refractivity contribution in [2.75, 3.05) is 13.2 Å². The van der Waals surface area contributed by atoms with Gasteiger partial charge in [0.05, 0.1) is 12.7 Å². The van der Waals surface area contributed by atoms with Crippen molar-refractivity contribution < 1.29 is 4.74 Å². The summed E-state index contributed by atoms with van der Waals surface area (Å²) in [6.45, 7) is 6.48. The number of hydrogen-bond acceptors (Lipinski definition) is 2. The van der Waals surface area contributed by atoms with E-state index in [1.165, 1.54) is 38.6 Å². The highest BCUT2D eigenvalue weighted by molar-refractivity contribution is 4.85.